The summed E-state index contributed by atoms with van der Waals surface area (Å²) in [6.45, 7) is 3.82. The molecule has 1 aromatic rings. The van der Waals surface area contributed by atoms with E-state index in [1.54, 1.807) is 0 Å². The lowest BCUT2D eigenvalue weighted by Gasteiger charge is -2.25. The second kappa shape index (κ2) is 4.83. The van der Waals surface area contributed by atoms with E-state index in [9.17, 15) is 4.79 Å². The van der Waals surface area contributed by atoms with Gasteiger partial charge in [-0.05, 0) is 30.7 Å². The number of carbonyl (C=O) groups excluding carboxylic acids is 1. The minimum Gasteiger partial charge on any atom is -0.396 e. The molecule has 0 fully saturated rings. The molecule has 15 heavy (non-hydrogen) atoms. The molecule has 0 saturated heterocycles. The van der Waals surface area contributed by atoms with Crippen molar-refractivity contribution in [3.63, 3.8) is 0 Å². The van der Waals surface area contributed by atoms with E-state index in [4.69, 9.17) is 5.11 Å². The van der Waals surface area contributed by atoms with Gasteiger partial charge in [0.1, 0.15) is 12.9 Å². The van der Waals surface area contributed by atoms with Crippen molar-refractivity contribution in [1.29, 1.82) is 0 Å². The topological polar surface area (TPSA) is 92.9 Å². The minimum atomic E-state index is -0.417. The number of aliphatic hydroxyl groups excluding tert-OH is 1. The summed E-state index contributed by atoms with van der Waals surface area (Å²) in [5, 5.41) is 22.0. The highest BCUT2D eigenvalue weighted by Gasteiger charge is 2.19. The molecule has 84 valence electrons. The summed E-state index contributed by atoms with van der Waals surface area (Å²) in [5.74, 6) is -0.180. The number of aliphatic hydroxyl groups is 1. The second-order valence-corrected chi connectivity index (χ2v) is 3.91. The summed E-state index contributed by atoms with van der Waals surface area (Å²) in [5.41, 5.74) is -0.417. The third-order valence-corrected chi connectivity index (χ3v) is 1.91. The van der Waals surface area contributed by atoms with Crippen molar-refractivity contribution in [3.05, 3.63) is 6.33 Å². The van der Waals surface area contributed by atoms with Crippen molar-refractivity contribution in [1.82, 2.24) is 25.5 Å². The molecule has 0 saturated carbocycles. The SMILES string of the molecule is CC(C)(CCO)NC(=O)Cn1cnnn1. The molecule has 0 spiro atoms. The van der Waals surface area contributed by atoms with Crippen LogP contribution in [0.15, 0.2) is 6.33 Å². The first kappa shape index (κ1) is 11.6. The zero-order valence-corrected chi connectivity index (χ0v) is 8.84. The predicted octanol–water partition coefficient (Wildman–Crippen LogP) is -1.05. The molecule has 0 aliphatic carbocycles. The Labute approximate surface area is 87.5 Å². The number of rotatable bonds is 5. The average Bonchev–Trinajstić information content (AvgIpc) is 2.54. The normalized spacial score (nSPS) is 11.4. The van der Waals surface area contributed by atoms with Crippen LogP contribution >= 0.6 is 0 Å². The smallest absolute Gasteiger partial charge is 0.242 e. The van der Waals surface area contributed by atoms with E-state index in [-0.39, 0.29) is 19.1 Å². The van der Waals surface area contributed by atoms with Crippen LogP contribution in [-0.2, 0) is 11.3 Å². The molecule has 0 atom stereocenters. The fourth-order valence-corrected chi connectivity index (χ4v) is 1.16. The number of aromatic nitrogens is 4. The maximum atomic E-state index is 11.5. The molecule has 7 nitrogen and oxygen atoms in total. The van der Waals surface area contributed by atoms with Crippen molar-refractivity contribution in [2.75, 3.05) is 6.61 Å². The van der Waals surface area contributed by atoms with Crippen LogP contribution in [0.5, 0.6) is 0 Å². The van der Waals surface area contributed by atoms with Gasteiger partial charge in [0.05, 0.1) is 0 Å². The second-order valence-electron chi connectivity index (χ2n) is 3.91. The van der Waals surface area contributed by atoms with Gasteiger partial charge in [-0.1, -0.05) is 0 Å². The number of hydrogen-bond donors (Lipinski definition) is 2. The molecule has 7 heteroatoms. The molecule has 0 aliphatic heterocycles. The lowest BCUT2D eigenvalue weighted by molar-refractivity contribution is -0.123. The third-order valence-electron chi connectivity index (χ3n) is 1.91. The molecule has 0 aliphatic rings. The number of carbonyl (C=O) groups is 1. The zero-order chi connectivity index (χ0) is 11.3. The maximum Gasteiger partial charge on any atom is 0.242 e. The number of amides is 1. The molecular formula is C8H15N5O2. The fourth-order valence-electron chi connectivity index (χ4n) is 1.16. The minimum absolute atomic E-state index is 0.0398. The molecule has 1 heterocycles. The van der Waals surface area contributed by atoms with Crippen molar-refractivity contribution >= 4 is 5.91 Å². The Kier molecular flexibility index (Phi) is 3.73. The van der Waals surface area contributed by atoms with Crippen molar-refractivity contribution < 1.29 is 9.90 Å². The summed E-state index contributed by atoms with van der Waals surface area (Å²) < 4.78 is 1.34. The van der Waals surface area contributed by atoms with Crippen LogP contribution in [0.25, 0.3) is 0 Å². The fraction of sp³-hybridized carbons (Fsp3) is 0.750. The first-order chi connectivity index (χ1) is 7.03. The standard InChI is InChI=1S/C8H15N5O2/c1-8(2,3-4-14)10-7(15)5-13-6-9-11-12-13/h6,14H,3-5H2,1-2H3,(H,10,15). The van der Waals surface area contributed by atoms with E-state index in [2.05, 4.69) is 20.8 Å². The van der Waals surface area contributed by atoms with E-state index in [0.29, 0.717) is 6.42 Å². The Balaban J connectivity index is 2.42. The van der Waals surface area contributed by atoms with E-state index in [0.717, 1.165) is 0 Å². The molecule has 1 amide bonds. The first-order valence-electron chi connectivity index (χ1n) is 4.66. The highest BCUT2D eigenvalue weighted by molar-refractivity contribution is 5.76. The van der Waals surface area contributed by atoms with Crippen LogP contribution in [0.4, 0.5) is 0 Å². The Bertz CT molecular complexity index is 309. The number of hydrogen-bond acceptors (Lipinski definition) is 5. The van der Waals surface area contributed by atoms with Gasteiger partial charge in [-0.25, -0.2) is 4.68 Å². The predicted molar refractivity (Wildman–Crippen MR) is 51.7 cm³/mol. The quantitative estimate of drug-likeness (QED) is 0.651. The molecule has 1 rings (SSSR count). The zero-order valence-electron chi connectivity index (χ0n) is 8.84. The Hall–Kier alpha value is -1.50. The van der Waals surface area contributed by atoms with Crippen LogP contribution in [0.2, 0.25) is 0 Å². The lowest BCUT2D eigenvalue weighted by atomic mass is 10.0. The van der Waals surface area contributed by atoms with Gasteiger partial charge in [-0.3, -0.25) is 4.79 Å². The lowest BCUT2D eigenvalue weighted by Crippen LogP contribution is -2.45. The Morgan fingerprint density at radius 3 is 2.87 bits per heavy atom. The number of tetrazole rings is 1. The van der Waals surface area contributed by atoms with Gasteiger partial charge in [-0.2, -0.15) is 0 Å². The number of nitrogens with one attached hydrogen (secondary N) is 1. The Morgan fingerprint density at radius 1 is 1.60 bits per heavy atom. The van der Waals surface area contributed by atoms with Gasteiger partial charge < -0.3 is 10.4 Å². The molecule has 0 radical (unpaired) electrons. The van der Waals surface area contributed by atoms with E-state index in [1.807, 2.05) is 13.8 Å². The van der Waals surface area contributed by atoms with Crippen LogP contribution < -0.4 is 5.32 Å². The Morgan fingerprint density at radius 2 is 2.33 bits per heavy atom. The van der Waals surface area contributed by atoms with Crippen LogP contribution in [0.3, 0.4) is 0 Å². The highest BCUT2D eigenvalue weighted by atomic mass is 16.3. The van der Waals surface area contributed by atoms with E-state index in [1.165, 1.54) is 11.0 Å². The summed E-state index contributed by atoms with van der Waals surface area (Å²) in [4.78, 5) is 11.5. The summed E-state index contributed by atoms with van der Waals surface area (Å²) in [6, 6.07) is 0. The van der Waals surface area contributed by atoms with Crippen molar-refractivity contribution in [2.45, 2.75) is 32.4 Å². The number of nitrogens with zero attached hydrogens (tertiary/aromatic N) is 4. The summed E-state index contributed by atoms with van der Waals surface area (Å²) in [6.07, 6.45) is 1.88. The van der Waals surface area contributed by atoms with Crippen molar-refractivity contribution in [3.8, 4) is 0 Å². The van der Waals surface area contributed by atoms with Crippen LogP contribution in [0.1, 0.15) is 20.3 Å². The largest absolute Gasteiger partial charge is 0.396 e. The molecule has 0 unspecified atom stereocenters. The van der Waals surface area contributed by atoms with E-state index < -0.39 is 5.54 Å². The van der Waals surface area contributed by atoms with Gasteiger partial charge in [0.25, 0.3) is 0 Å². The van der Waals surface area contributed by atoms with Gasteiger partial charge in [0.2, 0.25) is 5.91 Å². The summed E-state index contributed by atoms with van der Waals surface area (Å²) >= 11 is 0. The van der Waals surface area contributed by atoms with Crippen LogP contribution in [0, 0.1) is 0 Å². The summed E-state index contributed by atoms with van der Waals surface area (Å²) in [7, 11) is 0. The molecular weight excluding hydrogens is 198 g/mol. The van der Waals surface area contributed by atoms with Gasteiger partial charge >= 0.3 is 0 Å². The molecule has 2 N–H and O–H groups in total. The molecule has 0 aromatic carbocycles. The van der Waals surface area contributed by atoms with Gasteiger partial charge in [0, 0.05) is 12.1 Å². The molecule has 0 bridgehead atoms. The molecule has 1 aromatic heterocycles. The monoisotopic (exact) mass is 213 g/mol. The third kappa shape index (κ3) is 4.03. The van der Waals surface area contributed by atoms with Crippen LogP contribution in [-0.4, -0.2) is 43.4 Å². The average molecular weight is 213 g/mol. The maximum absolute atomic E-state index is 11.5. The van der Waals surface area contributed by atoms with Gasteiger partial charge in [-0.15, -0.1) is 5.10 Å². The highest BCUT2D eigenvalue weighted by Crippen LogP contribution is 2.06. The van der Waals surface area contributed by atoms with E-state index >= 15 is 0 Å². The first-order valence-corrected chi connectivity index (χ1v) is 4.66. The van der Waals surface area contributed by atoms with Crippen molar-refractivity contribution in [2.24, 2.45) is 0 Å². The van der Waals surface area contributed by atoms with Gasteiger partial charge in [0.15, 0.2) is 0 Å².